The van der Waals surface area contributed by atoms with E-state index in [-0.39, 0.29) is 17.5 Å². The van der Waals surface area contributed by atoms with E-state index >= 15 is 0 Å². The number of para-hydroxylation sites is 1. The first kappa shape index (κ1) is 27.1. The molecule has 0 aromatic heterocycles. The summed E-state index contributed by atoms with van der Waals surface area (Å²) in [7, 11) is -2.41. The highest BCUT2D eigenvalue weighted by atomic mass is 32.2. The lowest BCUT2D eigenvalue weighted by atomic mass is 9.97. The van der Waals surface area contributed by atoms with Gasteiger partial charge in [0.05, 0.1) is 30.3 Å². The summed E-state index contributed by atoms with van der Waals surface area (Å²) in [6, 6.07) is 22.1. The Balaban J connectivity index is 1.88. The number of rotatable bonds is 12. The van der Waals surface area contributed by atoms with Gasteiger partial charge in [-0.2, -0.15) is 0 Å². The van der Waals surface area contributed by atoms with Gasteiger partial charge in [-0.3, -0.25) is 9.10 Å². The van der Waals surface area contributed by atoms with Crippen molar-refractivity contribution in [1.29, 1.82) is 0 Å². The van der Waals surface area contributed by atoms with Gasteiger partial charge in [0.25, 0.3) is 10.0 Å². The predicted molar refractivity (Wildman–Crippen MR) is 142 cm³/mol. The van der Waals surface area contributed by atoms with E-state index in [1.54, 1.807) is 49.6 Å². The fourth-order valence-electron chi connectivity index (χ4n) is 3.87. The van der Waals surface area contributed by atoms with Crippen LogP contribution in [-0.4, -0.2) is 34.6 Å². The van der Waals surface area contributed by atoms with Gasteiger partial charge in [0.2, 0.25) is 5.91 Å². The van der Waals surface area contributed by atoms with E-state index in [1.165, 1.54) is 12.1 Å². The molecule has 7 nitrogen and oxygen atoms in total. The SMILES string of the molecule is CCOc1ccc(S(=O)(=O)N(CC(=O)NC(CC(C)C)c2ccc(OC)cc2)c2ccccc2)cc1. The maximum Gasteiger partial charge on any atom is 0.264 e. The molecule has 1 atom stereocenters. The minimum Gasteiger partial charge on any atom is -0.497 e. The molecule has 0 radical (unpaired) electrons. The van der Waals surface area contributed by atoms with Crippen LogP contribution in [-0.2, 0) is 14.8 Å². The fourth-order valence-corrected chi connectivity index (χ4v) is 5.29. The molecule has 0 fully saturated rings. The number of amides is 1. The van der Waals surface area contributed by atoms with Crippen molar-refractivity contribution >= 4 is 21.6 Å². The third-order valence-electron chi connectivity index (χ3n) is 5.61. The normalized spacial score (nSPS) is 12.1. The summed E-state index contributed by atoms with van der Waals surface area (Å²) in [6.45, 7) is 6.14. The minimum atomic E-state index is -4.01. The molecule has 3 aromatic carbocycles. The lowest BCUT2D eigenvalue weighted by Gasteiger charge is -2.26. The molecule has 0 bridgehead atoms. The minimum absolute atomic E-state index is 0.0801. The van der Waals surface area contributed by atoms with E-state index in [4.69, 9.17) is 9.47 Å². The summed E-state index contributed by atoms with van der Waals surface area (Å²) in [4.78, 5) is 13.4. The molecule has 8 heteroatoms. The van der Waals surface area contributed by atoms with Gasteiger partial charge in [0, 0.05) is 0 Å². The van der Waals surface area contributed by atoms with Gasteiger partial charge in [-0.1, -0.05) is 44.2 Å². The van der Waals surface area contributed by atoms with Gasteiger partial charge in [-0.05, 0) is 73.4 Å². The number of sulfonamides is 1. The van der Waals surface area contributed by atoms with Crippen molar-refractivity contribution in [2.75, 3.05) is 24.6 Å². The Hall–Kier alpha value is -3.52. The summed E-state index contributed by atoms with van der Waals surface area (Å²) < 4.78 is 39.1. The molecule has 0 aliphatic heterocycles. The predicted octanol–water partition coefficient (Wildman–Crippen LogP) is 5.19. The standard InChI is InChI=1S/C28H34N2O5S/c1-5-35-25-15-17-26(18-16-25)36(32,33)30(23-9-7-6-8-10-23)20-28(31)29-27(19-21(2)3)22-11-13-24(34-4)14-12-22/h6-18,21,27H,5,19-20H2,1-4H3,(H,29,31). The summed E-state index contributed by atoms with van der Waals surface area (Å²) in [5.41, 5.74) is 1.34. The second kappa shape index (κ2) is 12.4. The molecule has 3 rings (SSSR count). The molecule has 0 saturated heterocycles. The molecule has 36 heavy (non-hydrogen) atoms. The maximum absolute atomic E-state index is 13.6. The van der Waals surface area contributed by atoms with Crippen LogP contribution in [0.25, 0.3) is 0 Å². The van der Waals surface area contributed by atoms with Crippen molar-refractivity contribution in [2.24, 2.45) is 5.92 Å². The Morgan fingerprint density at radius 1 is 0.917 bits per heavy atom. The molecular weight excluding hydrogens is 476 g/mol. The Morgan fingerprint density at radius 3 is 2.08 bits per heavy atom. The Morgan fingerprint density at radius 2 is 1.53 bits per heavy atom. The van der Waals surface area contributed by atoms with E-state index in [1.807, 2.05) is 31.2 Å². The quantitative estimate of drug-likeness (QED) is 0.362. The molecule has 1 N–H and O–H groups in total. The van der Waals surface area contributed by atoms with Crippen LogP contribution in [0.4, 0.5) is 5.69 Å². The zero-order valence-corrected chi connectivity index (χ0v) is 22.0. The molecule has 1 amide bonds. The Kier molecular flexibility index (Phi) is 9.36. The smallest absolute Gasteiger partial charge is 0.264 e. The highest BCUT2D eigenvalue weighted by molar-refractivity contribution is 7.92. The van der Waals surface area contributed by atoms with Crippen molar-refractivity contribution < 1.29 is 22.7 Å². The lowest BCUT2D eigenvalue weighted by Crippen LogP contribution is -2.42. The fraction of sp³-hybridized carbons (Fsp3) is 0.321. The zero-order chi connectivity index (χ0) is 26.1. The third kappa shape index (κ3) is 7.01. The van der Waals surface area contributed by atoms with Crippen LogP contribution >= 0.6 is 0 Å². The van der Waals surface area contributed by atoms with Crippen LogP contribution in [0.3, 0.4) is 0 Å². The molecule has 1 unspecified atom stereocenters. The number of carbonyl (C=O) groups is 1. The van der Waals surface area contributed by atoms with Crippen LogP contribution in [0.1, 0.15) is 38.8 Å². The van der Waals surface area contributed by atoms with Crippen LogP contribution in [0, 0.1) is 5.92 Å². The van der Waals surface area contributed by atoms with Crippen molar-refractivity contribution in [1.82, 2.24) is 5.32 Å². The molecule has 0 aliphatic rings. The third-order valence-corrected chi connectivity index (χ3v) is 7.40. The first-order valence-electron chi connectivity index (χ1n) is 12.0. The van der Waals surface area contributed by atoms with E-state index in [0.29, 0.717) is 30.4 Å². The number of carbonyl (C=O) groups excluding carboxylic acids is 1. The number of nitrogens with zero attached hydrogens (tertiary/aromatic N) is 1. The van der Waals surface area contributed by atoms with Crippen LogP contribution in [0.15, 0.2) is 83.8 Å². The molecular formula is C28H34N2O5S. The summed E-state index contributed by atoms with van der Waals surface area (Å²) >= 11 is 0. The topological polar surface area (TPSA) is 84.9 Å². The highest BCUT2D eigenvalue weighted by Gasteiger charge is 2.28. The van der Waals surface area contributed by atoms with Crippen molar-refractivity contribution in [3.8, 4) is 11.5 Å². The van der Waals surface area contributed by atoms with E-state index in [9.17, 15) is 13.2 Å². The van der Waals surface area contributed by atoms with Crippen LogP contribution < -0.4 is 19.1 Å². The average Bonchev–Trinajstić information content (AvgIpc) is 2.87. The molecule has 0 heterocycles. The van der Waals surface area contributed by atoms with E-state index < -0.39 is 15.9 Å². The number of methoxy groups -OCH3 is 1. The maximum atomic E-state index is 13.6. The highest BCUT2D eigenvalue weighted by Crippen LogP contribution is 2.27. The van der Waals surface area contributed by atoms with Crippen LogP contribution in [0.5, 0.6) is 11.5 Å². The zero-order valence-electron chi connectivity index (χ0n) is 21.2. The average molecular weight is 511 g/mol. The van der Waals surface area contributed by atoms with Crippen LogP contribution in [0.2, 0.25) is 0 Å². The summed E-state index contributed by atoms with van der Waals surface area (Å²) in [5, 5.41) is 3.05. The Labute approximate surface area is 214 Å². The molecule has 192 valence electrons. The lowest BCUT2D eigenvalue weighted by molar-refractivity contribution is -0.120. The van der Waals surface area contributed by atoms with Crippen molar-refractivity contribution in [3.05, 3.63) is 84.4 Å². The van der Waals surface area contributed by atoms with Gasteiger partial charge in [0.15, 0.2) is 0 Å². The molecule has 0 saturated carbocycles. The van der Waals surface area contributed by atoms with E-state index in [2.05, 4.69) is 19.2 Å². The second-order valence-corrected chi connectivity index (χ2v) is 10.6. The summed E-state index contributed by atoms with van der Waals surface area (Å²) in [5.74, 6) is 1.23. The number of anilines is 1. The second-order valence-electron chi connectivity index (χ2n) is 8.77. The number of benzene rings is 3. The Bertz CT molecular complexity index is 1210. The first-order chi connectivity index (χ1) is 17.2. The molecule has 0 aliphatic carbocycles. The van der Waals surface area contributed by atoms with Gasteiger partial charge in [-0.15, -0.1) is 0 Å². The van der Waals surface area contributed by atoms with E-state index in [0.717, 1.165) is 15.6 Å². The number of ether oxygens (including phenoxy) is 2. The van der Waals surface area contributed by atoms with Crippen molar-refractivity contribution in [2.45, 2.75) is 38.1 Å². The van der Waals surface area contributed by atoms with Crippen molar-refractivity contribution in [3.63, 3.8) is 0 Å². The first-order valence-corrected chi connectivity index (χ1v) is 13.4. The molecule has 0 spiro atoms. The largest absolute Gasteiger partial charge is 0.497 e. The number of hydrogen-bond donors (Lipinski definition) is 1. The molecule has 3 aromatic rings. The van der Waals surface area contributed by atoms with Gasteiger partial charge < -0.3 is 14.8 Å². The van der Waals surface area contributed by atoms with Gasteiger partial charge in [0.1, 0.15) is 18.0 Å². The monoisotopic (exact) mass is 510 g/mol. The van der Waals surface area contributed by atoms with Gasteiger partial charge in [-0.25, -0.2) is 8.42 Å². The number of nitrogens with one attached hydrogen (secondary N) is 1. The number of hydrogen-bond acceptors (Lipinski definition) is 5. The summed E-state index contributed by atoms with van der Waals surface area (Å²) in [6.07, 6.45) is 0.703. The van der Waals surface area contributed by atoms with Gasteiger partial charge >= 0.3 is 0 Å².